The van der Waals surface area contributed by atoms with Gasteiger partial charge in [-0.05, 0) is 6.07 Å². The van der Waals surface area contributed by atoms with Crippen LogP contribution < -0.4 is 5.32 Å². The normalized spacial score (nSPS) is 22.3. The number of hydrogen-bond acceptors (Lipinski definition) is 3. The van der Waals surface area contributed by atoms with E-state index in [4.69, 9.17) is 4.74 Å². The Morgan fingerprint density at radius 3 is 2.77 bits per heavy atom. The van der Waals surface area contributed by atoms with E-state index < -0.39 is 0 Å². The van der Waals surface area contributed by atoms with E-state index in [1.165, 1.54) is 0 Å². The van der Waals surface area contributed by atoms with Crippen molar-refractivity contribution < 1.29 is 9.53 Å². The van der Waals surface area contributed by atoms with Gasteiger partial charge in [0.05, 0.1) is 5.56 Å². The van der Waals surface area contributed by atoms with Gasteiger partial charge in [-0.2, -0.15) is 0 Å². The van der Waals surface area contributed by atoms with Crippen molar-refractivity contribution in [1.29, 1.82) is 0 Å². The van der Waals surface area contributed by atoms with E-state index in [1.54, 1.807) is 0 Å². The third-order valence-electron chi connectivity index (χ3n) is 2.75. The Morgan fingerprint density at radius 2 is 2.08 bits per heavy atom. The molecule has 3 nitrogen and oxygen atoms in total. The summed E-state index contributed by atoms with van der Waals surface area (Å²) >= 11 is 0. The lowest BCUT2D eigenvalue weighted by molar-refractivity contribution is -0.0369. The van der Waals surface area contributed by atoms with E-state index >= 15 is 0 Å². The Morgan fingerprint density at radius 1 is 1.31 bits per heavy atom. The molecule has 0 amide bonds. The Balaban J connectivity index is 2.20. The molecular formula is C10H9NO2. The number of rotatable bonds is 0. The van der Waals surface area contributed by atoms with Gasteiger partial charge in [0.1, 0.15) is 0 Å². The molecule has 2 aliphatic rings. The van der Waals surface area contributed by atoms with Crippen LogP contribution in [0, 0.1) is 0 Å². The molecule has 0 aromatic heterocycles. The van der Waals surface area contributed by atoms with Gasteiger partial charge in [-0.25, -0.2) is 4.79 Å². The fourth-order valence-corrected chi connectivity index (χ4v) is 1.96. The minimum atomic E-state index is -0.340. The smallest absolute Gasteiger partial charge is 0.339 e. The van der Waals surface area contributed by atoms with E-state index in [0.29, 0.717) is 0 Å². The molecule has 0 radical (unpaired) electrons. The maximum atomic E-state index is 11.4. The molecule has 1 aromatic rings. The average Bonchev–Trinajstić information content (AvgIpc) is 2.40. The molecule has 2 heterocycles. The lowest BCUT2D eigenvalue weighted by Crippen LogP contribution is -2.56. The number of carbonyl (C=O) groups excluding carboxylic acids is 1. The topological polar surface area (TPSA) is 38.3 Å². The van der Waals surface area contributed by atoms with E-state index in [0.717, 1.165) is 24.2 Å². The molecule has 3 heteroatoms. The highest BCUT2D eigenvalue weighted by Crippen LogP contribution is 2.38. The molecule has 1 aromatic carbocycles. The summed E-state index contributed by atoms with van der Waals surface area (Å²) in [5.74, 6) is -0.183. The van der Waals surface area contributed by atoms with Gasteiger partial charge < -0.3 is 10.1 Å². The molecule has 2 aliphatic heterocycles. The van der Waals surface area contributed by atoms with E-state index in [9.17, 15) is 4.79 Å². The monoisotopic (exact) mass is 175 g/mol. The highest BCUT2D eigenvalue weighted by Gasteiger charge is 2.49. The van der Waals surface area contributed by atoms with Gasteiger partial charge in [0.25, 0.3) is 0 Å². The van der Waals surface area contributed by atoms with E-state index in [2.05, 4.69) is 5.32 Å². The summed E-state index contributed by atoms with van der Waals surface area (Å²) in [6.45, 7) is 1.49. The van der Waals surface area contributed by atoms with Crippen molar-refractivity contribution in [1.82, 2.24) is 5.32 Å². The Kier molecular flexibility index (Phi) is 1.15. The lowest BCUT2D eigenvalue weighted by atomic mass is 9.87. The standard InChI is InChI=1S/C10H9NO2/c12-9-7-3-1-2-4-8(7)10(13-9)5-11-6-10/h1-4,11H,5-6H2. The molecule has 1 fully saturated rings. The molecule has 1 saturated heterocycles. The molecule has 0 bridgehead atoms. The minimum Gasteiger partial charge on any atom is -0.448 e. The summed E-state index contributed by atoms with van der Waals surface area (Å²) in [6, 6.07) is 7.61. The summed E-state index contributed by atoms with van der Waals surface area (Å²) in [7, 11) is 0. The number of nitrogens with one attached hydrogen (secondary N) is 1. The lowest BCUT2D eigenvalue weighted by Gasteiger charge is -2.37. The summed E-state index contributed by atoms with van der Waals surface area (Å²) in [4.78, 5) is 11.4. The maximum Gasteiger partial charge on any atom is 0.339 e. The predicted octanol–water partition coefficient (Wildman–Crippen LogP) is 0.655. The summed E-state index contributed by atoms with van der Waals surface area (Å²) in [5.41, 5.74) is 1.43. The molecule has 66 valence electrons. The highest BCUT2D eigenvalue weighted by molar-refractivity contribution is 5.95. The van der Waals surface area contributed by atoms with Crippen LogP contribution in [0.5, 0.6) is 0 Å². The number of fused-ring (bicyclic) bond motifs is 2. The van der Waals surface area contributed by atoms with Crippen molar-refractivity contribution in [2.45, 2.75) is 5.60 Å². The first kappa shape index (κ1) is 7.09. The highest BCUT2D eigenvalue weighted by atomic mass is 16.6. The summed E-state index contributed by atoms with van der Waals surface area (Å²) in [5, 5.41) is 3.13. The fourth-order valence-electron chi connectivity index (χ4n) is 1.96. The number of ether oxygens (including phenoxy) is 1. The van der Waals surface area contributed by atoms with Crippen LogP contribution in [0.4, 0.5) is 0 Å². The van der Waals surface area contributed by atoms with Crippen LogP contribution in [0.25, 0.3) is 0 Å². The molecule has 0 unspecified atom stereocenters. The quantitative estimate of drug-likeness (QED) is 0.588. The molecule has 0 atom stereocenters. The Hall–Kier alpha value is -1.35. The van der Waals surface area contributed by atoms with Crippen LogP contribution in [-0.4, -0.2) is 19.1 Å². The van der Waals surface area contributed by atoms with Crippen molar-refractivity contribution in [3.8, 4) is 0 Å². The van der Waals surface area contributed by atoms with Gasteiger partial charge in [0.15, 0.2) is 5.60 Å². The van der Waals surface area contributed by atoms with E-state index in [1.807, 2.05) is 24.3 Å². The van der Waals surface area contributed by atoms with Crippen molar-refractivity contribution in [2.24, 2.45) is 0 Å². The molecule has 0 saturated carbocycles. The predicted molar refractivity (Wildman–Crippen MR) is 46.4 cm³/mol. The molecule has 0 aliphatic carbocycles. The number of carbonyl (C=O) groups is 1. The third kappa shape index (κ3) is 0.748. The second-order valence-electron chi connectivity index (χ2n) is 3.53. The molecule has 1 N–H and O–H groups in total. The van der Waals surface area contributed by atoms with Gasteiger partial charge in [0.2, 0.25) is 0 Å². The van der Waals surface area contributed by atoms with E-state index in [-0.39, 0.29) is 11.6 Å². The number of benzene rings is 1. The van der Waals surface area contributed by atoms with Gasteiger partial charge >= 0.3 is 5.97 Å². The number of hydrogen-bond donors (Lipinski definition) is 1. The van der Waals surface area contributed by atoms with Gasteiger partial charge in [0, 0.05) is 18.7 Å². The Labute approximate surface area is 75.7 Å². The van der Waals surface area contributed by atoms with Crippen LogP contribution in [-0.2, 0) is 10.3 Å². The fraction of sp³-hybridized carbons (Fsp3) is 0.300. The van der Waals surface area contributed by atoms with Crippen LogP contribution in [0.3, 0.4) is 0 Å². The maximum absolute atomic E-state index is 11.4. The largest absolute Gasteiger partial charge is 0.448 e. The van der Waals surface area contributed by atoms with Crippen LogP contribution in [0.1, 0.15) is 15.9 Å². The first-order valence-corrected chi connectivity index (χ1v) is 4.35. The van der Waals surface area contributed by atoms with Crippen LogP contribution in [0.2, 0.25) is 0 Å². The van der Waals surface area contributed by atoms with Crippen molar-refractivity contribution in [3.05, 3.63) is 35.4 Å². The summed E-state index contributed by atoms with van der Waals surface area (Å²) < 4.78 is 5.35. The molecule has 3 rings (SSSR count). The minimum absolute atomic E-state index is 0.183. The first-order chi connectivity index (χ1) is 6.32. The van der Waals surface area contributed by atoms with Crippen molar-refractivity contribution in [2.75, 3.05) is 13.1 Å². The second-order valence-corrected chi connectivity index (χ2v) is 3.53. The Bertz CT molecular complexity index is 382. The SMILES string of the molecule is O=C1OC2(CNC2)c2ccccc21. The zero-order chi connectivity index (χ0) is 8.89. The van der Waals surface area contributed by atoms with Gasteiger partial charge in [-0.1, -0.05) is 18.2 Å². The summed E-state index contributed by atoms with van der Waals surface area (Å²) in [6.07, 6.45) is 0. The number of esters is 1. The van der Waals surface area contributed by atoms with Gasteiger partial charge in [-0.15, -0.1) is 0 Å². The van der Waals surface area contributed by atoms with Gasteiger partial charge in [-0.3, -0.25) is 0 Å². The first-order valence-electron chi connectivity index (χ1n) is 4.35. The zero-order valence-electron chi connectivity index (χ0n) is 7.04. The van der Waals surface area contributed by atoms with Crippen LogP contribution >= 0.6 is 0 Å². The average molecular weight is 175 g/mol. The second kappa shape index (κ2) is 2.12. The van der Waals surface area contributed by atoms with Crippen molar-refractivity contribution >= 4 is 5.97 Å². The van der Waals surface area contributed by atoms with Crippen molar-refractivity contribution in [3.63, 3.8) is 0 Å². The third-order valence-corrected chi connectivity index (χ3v) is 2.75. The zero-order valence-corrected chi connectivity index (χ0v) is 7.04. The van der Waals surface area contributed by atoms with Crippen LogP contribution in [0.15, 0.2) is 24.3 Å². The molecular weight excluding hydrogens is 166 g/mol. The molecule has 1 spiro atoms. The molecule has 13 heavy (non-hydrogen) atoms.